The van der Waals surface area contributed by atoms with Gasteiger partial charge in [-0.1, -0.05) is 42.5 Å². The van der Waals surface area contributed by atoms with Crippen LogP contribution in [0.2, 0.25) is 0 Å². The predicted molar refractivity (Wildman–Crippen MR) is 104 cm³/mol. The van der Waals surface area contributed by atoms with E-state index in [0.29, 0.717) is 6.42 Å². The summed E-state index contributed by atoms with van der Waals surface area (Å²) in [5.41, 5.74) is 0.206. The van der Waals surface area contributed by atoms with Gasteiger partial charge in [0, 0.05) is 13.0 Å². The van der Waals surface area contributed by atoms with E-state index in [2.05, 4.69) is 10.6 Å². The molecule has 154 valence electrons. The maximum atomic E-state index is 12.0. The maximum absolute atomic E-state index is 12.0. The molecule has 1 aromatic rings. The van der Waals surface area contributed by atoms with Crippen LogP contribution in [0.25, 0.3) is 0 Å². The number of alkyl carbamates (subject to hydrolysis) is 2. The highest BCUT2D eigenvalue weighted by atomic mass is 16.6. The molecular formula is C20H28N2O6. The second-order valence-electron chi connectivity index (χ2n) is 7.06. The number of carbonyl (C=O) groups is 3. The van der Waals surface area contributed by atoms with Gasteiger partial charge in [0.15, 0.2) is 0 Å². The average Bonchev–Trinajstić information content (AvgIpc) is 2.60. The molecule has 3 N–H and O–H groups in total. The number of hydrogen-bond donors (Lipinski definition) is 3. The van der Waals surface area contributed by atoms with Crippen LogP contribution in [0.15, 0.2) is 42.5 Å². The molecule has 0 aliphatic rings. The molecule has 1 atom stereocenters. The van der Waals surface area contributed by atoms with Crippen LogP contribution in [0.5, 0.6) is 0 Å². The smallest absolute Gasteiger partial charge is 0.407 e. The first-order valence-corrected chi connectivity index (χ1v) is 8.98. The second-order valence-corrected chi connectivity index (χ2v) is 7.06. The standard InChI is InChI=1S/C20H28N2O6/c1-20(2,3)28-18(25)21-13-16(11-7-8-12-17(23)24)22-19(26)27-14-15-9-5-4-6-10-15/h4-7,9-11,16H,8,12-14H2,1-3H3,(H,21,25)(H,22,26)(H,23,24)/t16-/m1/s1. The van der Waals surface area contributed by atoms with Crippen LogP contribution < -0.4 is 10.6 Å². The second kappa shape index (κ2) is 11.6. The van der Waals surface area contributed by atoms with E-state index in [1.807, 2.05) is 30.3 Å². The third kappa shape index (κ3) is 11.6. The fraction of sp³-hybridized carbons (Fsp3) is 0.450. The highest BCUT2D eigenvalue weighted by Gasteiger charge is 2.18. The first-order valence-electron chi connectivity index (χ1n) is 8.98. The van der Waals surface area contributed by atoms with E-state index < -0.39 is 29.8 Å². The normalized spacial score (nSPS) is 12.2. The van der Waals surface area contributed by atoms with Gasteiger partial charge in [0.2, 0.25) is 0 Å². The summed E-state index contributed by atoms with van der Waals surface area (Å²) in [6.45, 7) is 5.42. The number of aliphatic carboxylic acids is 1. The van der Waals surface area contributed by atoms with Gasteiger partial charge in [-0.3, -0.25) is 4.79 Å². The Kier molecular flexibility index (Phi) is 9.56. The van der Waals surface area contributed by atoms with Crippen molar-refractivity contribution in [3.63, 3.8) is 0 Å². The number of hydrogen-bond acceptors (Lipinski definition) is 5. The number of allylic oxidation sites excluding steroid dienone is 1. The van der Waals surface area contributed by atoms with Gasteiger partial charge in [0.05, 0.1) is 6.04 Å². The van der Waals surface area contributed by atoms with Crippen molar-refractivity contribution in [1.82, 2.24) is 10.6 Å². The summed E-state index contributed by atoms with van der Waals surface area (Å²) >= 11 is 0. The van der Waals surface area contributed by atoms with Crippen LogP contribution in [0.4, 0.5) is 9.59 Å². The summed E-state index contributed by atoms with van der Waals surface area (Å²) in [6.07, 6.45) is 2.26. The molecule has 2 amide bonds. The molecule has 8 nitrogen and oxygen atoms in total. The van der Waals surface area contributed by atoms with Crippen LogP contribution in [0, 0.1) is 0 Å². The van der Waals surface area contributed by atoms with Gasteiger partial charge in [-0.25, -0.2) is 9.59 Å². The lowest BCUT2D eigenvalue weighted by molar-refractivity contribution is -0.136. The van der Waals surface area contributed by atoms with E-state index in [1.54, 1.807) is 32.9 Å². The molecule has 0 saturated heterocycles. The molecule has 0 bridgehead atoms. The summed E-state index contributed by atoms with van der Waals surface area (Å²) in [5.74, 6) is -0.914. The van der Waals surface area contributed by atoms with Crippen molar-refractivity contribution in [1.29, 1.82) is 0 Å². The Hall–Kier alpha value is -3.03. The average molecular weight is 392 g/mol. The minimum atomic E-state index is -0.914. The molecule has 1 aromatic carbocycles. The number of carboxylic acids is 1. The van der Waals surface area contributed by atoms with E-state index in [1.165, 1.54) is 0 Å². The van der Waals surface area contributed by atoms with Gasteiger partial charge in [-0.2, -0.15) is 0 Å². The van der Waals surface area contributed by atoms with E-state index in [9.17, 15) is 14.4 Å². The molecular weight excluding hydrogens is 364 g/mol. The van der Waals surface area contributed by atoms with Crippen LogP contribution in [-0.2, 0) is 20.9 Å². The third-order valence-electron chi connectivity index (χ3n) is 3.27. The minimum absolute atomic E-state index is 0.0266. The van der Waals surface area contributed by atoms with Gasteiger partial charge in [-0.05, 0) is 32.8 Å². The Morgan fingerprint density at radius 2 is 1.82 bits per heavy atom. The maximum Gasteiger partial charge on any atom is 0.407 e. The zero-order valence-corrected chi connectivity index (χ0v) is 16.4. The first-order chi connectivity index (χ1) is 13.2. The van der Waals surface area contributed by atoms with Gasteiger partial charge in [0.1, 0.15) is 12.2 Å². The number of amides is 2. The van der Waals surface area contributed by atoms with Crippen molar-refractivity contribution in [3.8, 4) is 0 Å². The lowest BCUT2D eigenvalue weighted by Gasteiger charge is -2.21. The summed E-state index contributed by atoms with van der Waals surface area (Å²) in [6, 6.07) is 8.64. The van der Waals surface area contributed by atoms with Crippen molar-refractivity contribution in [2.24, 2.45) is 0 Å². The summed E-state index contributed by atoms with van der Waals surface area (Å²) in [7, 11) is 0. The van der Waals surface area contributed by atoms with Crippen molar-refractivity contribution in [2.75, 3.05) is 6.54 Å². The molecule has 1 rings (SSSR count). The number of benzene rings is 1. The summed E-state index contributed by atoms with van der Waals surface area (Å²) in [4.78, 5) is 34.4. The number of carbonyl (C=O) groups excluding carboxylic acids is 2. The Morgan fingerprint density at radius 1 is 1.14 bits per heavy atom. The van der Waals surface area contributed by atoms with Gasteiger partial charge >= 0.3 is 18.2 Å². The molecule has 0 spiro atoms. The molecule has 28 heavy (non-hydrogen) atoms. The molecule has 0 saturated carbocycles. The van der Waals surface area contributed by atoms with Crippen molar-refractivity contribution < 1.29 is 29.0 Å². The molecule has 0 aromatic heterocycles. The fourth-order valence-electron chi connectivity index (χ4n) is 2.06. The predicted octanol–water partition coefficient (Wildman–Crippen LogP) is 3.23. The van der Waals surface area contributed by atoms with Crippen molar-refractivity contribution >= 4 is 18.2 Å². The van der Waals surface area contributed by atoms with E-state index in [4.69, 9.17) is 14.6 Å². The Labute approximate surface area is 164 Å². The van der Waals surface area contributed by atoms with Gasteiger partial charge in [-0.15, -0.1) is 0 Å². The number of rotatable bonds is 9. The van der Waals surface area contributed by atoms with Gasteiger partial charge in [0.25, 0.3) is 0 Å². The molecule has 0 heterocycles. The monoisotopic (exact) mass is 392 g/mol. The highest BCUT2D eigenvalue weighted by molar-refractivity contribution is 5.69. The molecule has 0 unspecified atom stereocenters. The number of nitrogens with one attached hydrogen (secondary N) is 2. The van der Waals surface area contributed by atoms with Crippen LogP contribution in [-0.4, -0.2) is 41.4 Å². The Morgan fingerprint density at radius 3 is 2.43 bits per heavy atom. The fourth-order valence-corrected chi connectivity index (χ4v) is 2.06. The molecule has 0 fully saturated rings. The SMILES string of the molecule is CC(C)(C)OC(=O)NC[C@@H](C=CCCC(=O)O)NC(=O)OCc1ccccc1. The van der Waals surface area contributed by atoms with Crippen molar-refractivity contribution in [2.45, 2.75) is 51.9 Å². The molecule has 8 heteroatoms. The summed E-state index contributed by atoms with van der Waals surface area (Å²) < 4.78 is 10.3. The summed E-state index contributed by atoms with van der Waals surface area (Å²) in [5, 5.41) is 13.9. The van der Waals surface area contributed by atoms with Crippen LogP contribution >= 0.6 is 0 Å². The molecule has 0 radical (unpaired) electrons. The topological polar surface area (TPSA) is 114 Å². The van der Waals surface area contributed by atoms with Crippen molar-refractivity contribution in [3.05, 3.63) is 48.0 Å². The Balaban J connectivity index is 2.56. The number of carboxylic acid groups (broad SMARTS) is 1. The lowest BCUT2D eigenvalue weighted by atomic mass is 10.2. The zero-order valence-electron chi connectivity index (χ0n) is 16.4. The van der Waals surface area contributed by atoms with E-state index >= 15 is 0 Å². The highest BCUT2D eigenvalue weighted by Crippen LogP contribution is 2.06. The lowest BCUT2D eigenvalue weighted by Crippen LogP contribution is -2.44. The van der Waals surface area contributed by atoms with Crippen LogP contribution in [0.3, 0.4) is 0 Å². The number of ether oxygens (including phenoxy) is 2. The zero-order chi connectivity index (χ0) is 21.0. The first kappa shape index (κ1) is 23.0. The quantitative estimate of drug-likeness (QED) is 0.556. The van der Waals surface area contributed by atoms with E-state index in [-0.39, 0.29) is 19.6 Å². The minimum Gasteiger partial charge on any atom is -0.481 e. The molecule has 0 aliphatic heterocycles. The van der Waals surface area contributed by atoms with E-state index in [0.717, 1.165) is 5.56 Å². The van der Waals surface area contributed by atoms with Crippen LogP contribution in [0.1, 0.15) is 39.2 Å². The largest absolute Gasteiger partial charge is 0.481 e. The third-order valence-corrected chi connectivity index (χ3v) is 3.27. The van der Waals surface area contributed by atoms with Gasteiger partial charge < -0.3 is 25.2 Å². The molecule has 0 aliphatic carbocycles. The Bertz CT molecular complexity index is 667.